The van der Waals surface area contributed by atoms with Crippen molar-refractivity contribution in [3.8, 4) is 0 Å². The SMILES string of the molecule is COCCCN(C)c1ncc(CCl)c(C)n1. The van der Waals surface area contributed by atoms with E-state index in [2.05, 4.69) is 9.97 Å². The van der Waals surface area contributed by atoms with Crippen molar-refractivity contribution in [1.82, 2.24) is 9.97 Å². The number of hydrogen-bond donors (Lipinski definition) is 0. The van der Waals surface area contributed by atoms with Crippen LogP contribution in [0.4, 0.5) is 5.95 Å². The minimum absolute atomic E-state index is 0.458. The summed E-state index contributed by atoms with van der Waals surface area (Å²) in [4.78, 5) is 10.7. The Morgan fingerprint density at radius 1 is 1.50 bits per heavy atom. The smallest absolute Gasteiger partial charge is 0.225 e. The maximum atomic E-state index is 5.76. The molecule has 1 aromatic rings. The van der Waals surface area contributed by atoms with Crippen LogP contribution in [0.5, 0.6) is 0 Å². The lowest BCUT2D eigenvalue weighted by Gasteiger charge is -2.17. The number of rotatable bonds is 6. The number of halogens is 1. The molecule has 0 spiro atoms. The molecule has 90 valence electrons. The highest BCUT2D eigenvalue weighted by molar-refractivity contribution is 6.17. The first-order chi connectivity index (χ1) is 7.69. The summed E-state index contributed by atoms with van der Waals surface area (Å²) in [6.07, 6.45) is 2.75. The molecular formula is C11H18ClN3O. The van der Waals surface area contributed by atoms with E-state index in [9.17, 15) is 0 Å². The van der Waals surface area contributed by atoms with E-state index in [4.69, 9.17) is 16.3 Å². The lowest BCUT2D eigenvalue weighted by atomic mass is 10.3. The van der Waals surface area contributed by atoms with Crippen molar-refractivity contribution in [3.05, 3.63) is 17.5 Å². The number of aryl methyl sites for hydroxylation is 1. The van der Waals surface area contributed by atoms with Crippen LogP contribution in [0.2, 0.25) is 0 Å². The highest BCUT2D eigenvalue weighted by atomic mass is 35.5. The van der Waals surface area contributed by atoms with Crippen molar-refractivity contribution in [2.45, 2.75) is 19.2 Å². The fraction of sp³-hybridized carbons (Fsp3) is 0.636. The van der Waals surface area contributed by atoms with E-state index >= 15 is 0 Å². The van der Waals surface area contributed by atoms with E-state index in [0.29, 0.717) is 5.88 Å². The number of aromatic nitrogens is 2. The minimum atomic E-state index is 0.458. The zero-order valence-corrected chi connectivity index (χ0v) is 10.8. The third-order valence-corrected chi connectivity index (χ3v) is 2.68. The van der Waals surface area contributed by atoms with Crippen molar-refractivity contribution in [2.75, 3.05) is 32.2 Å². The molecule has 0 aliphatic heterocycles. The normalized spacial score (nSPS) is 10.5. The second-order valence-electron chi connectivity index (χ2n) is 3.68. The molecule has 0 unspecified atom stereocenters. The summed E-state index contributed by atoms with van der Waals surface area (Å²) < 4.78 is 5.00. The van der Waals surface area contributed by atoms with Gasteiger partial charge in [-0.1, -0.05) is 0 Å². The summed E-state index contributed by atoms with van der Waals surface area (Å²) in [5, 5.41) is 0. The van der Waals surface area contributed by atoms with Gasteiger partial charge >= 0.3 is 0 Å². The molecule has 1 aromatic heterocycles. The number of ether oxygens (including phenoxy) is 1. The molecule has 0 aliphatic carbocycles. The van der Waals surface area contributed by atoms with E-state index in [1.807, 2.05) is 18.9 Å². The first kappa shape index (κ1) is 13.2. The molecule has 1 heterocycles. The van der Waals surface area contributed by atoms with Crippen LogP contribution >= 0.6 is 11.6 Å². The molecule has 0 radical (unpaired) electrons. The molecule has 0 aliphatic rings. The van der Waals surface area contributed by atoms with E-state index in [-0.39, 0.29) is 0 Å². The van der Waals surface area contributed by atoms with Gasteiger partial charge in [0.1, 0.15) is 0 Å². The number of nitrogens with zero attached hydrogens (tertiary/aromatic N) is 3. The summed E-state index contributed by atoms with van der Waals surface area (Å²) in [6, 6.07) is 0. The standard InChI is InChI=1S/C11H18ClN3O/c1-9-10(7-12)8-13-11(14-9)15(2)5-4-6-16-3/h8H,4-7H2,1-3H3. The second-order valence-corrected chi connectivity index (χ2v) is 3.95. The van der Waals surface area contributed by atoms with Crippen LogP contribution in [0.1, 0.15) is 17.7 Å². The summed E-state index contributed by atoms with van der Waals surface area (Å²) in [7, 11) is 3.68. The summed E-state index contributed by atoms with van der Waals surface area (Å²) >= 11 is 5.76. The molecule has 0 aromatic carbocycles. The first-order valence-corrected chi connectivity index (χ1v) is 5.81. The highest BCUT2D eigenvalue weighted by Gasteiger charge is 2.06. The first-order valence-electron chi connectivity index (χ1n) is 5.27. The second kappa shape index (κ2) is 6.66. The van der Waals surface area contributed by atoms with E-state index in [1.165, 1.54) is 0 Å². The van der Waals surface area contributed by atoms with E-state index in [1.54, 1.807) is 13.3 Å². The molecule has 1 rings (SSSR count). The van der Waals surface area contributed by atoms with Gasteiger partial charge in [0.15, 0.2) is 0 Å². The zero-order valence-electron chi connectivity index (χ0n) is 10.0. The number of alkyl halides is 1. The number of hydrogen-bond acceptors (Lipinski definition) is 4. The van der Waals surface area contributed by atoms with Crippen molar-refractivity contribution in [1.29, 1.82) is 0 Å². The predicted octanol–water partition coefficient (Wildman–Crippen LogP) is 2.00. The average molecular weight is 244 g/mol. The van der Waals surface area contributed by atoms with Gasteiger partial charge in [-0.3, -0.25) is 0 Å². The zero-order chi connectivity index (χ0) is 12.0. The molecule has 5 heteroatoms. The molecule has 0 saturated heterocycles. The Hall–Kier alpha value is -0.870. The molecule has 0 atom stereocenters. The third kappa shape index (κ3) is 3.61. The fourth-order valence-corrected chi connectivity index (χ4v) is 1.60. The highest BCUT2D eigenvalue weighted by Crippen LogP contribution is 2.11. The van der Waals surface area contributed by atoms with Gasteiger partial charge in [0.2, 0.25) is 5.95 Å². The molecular weight excluding hydrogens is 226 g/mol. The topological polar surface area (TPSA) is 38.2 Å². The monoisotopic (exact) mass is 243 g/mol. The Bertz CT molecular complexity index is 333. The summed E-state index contributed by atoms with van der Waals surface area (Å²) in [5.41, 5.74) is 1.93. The van der Waals surface area contributed by atoms with Crippen LogP contribution in [-0.4, -0.2) is 37.3 Å². The average Bonchev–Trinajstić information content (AvgIpc) is 2.29. The van der Waals surface area contributed by atoms with Gasteiger partial charge in [0.05, 0.1) is 5.88 Å². The largest absolute Gasteiger partial charge is 0.385 e. The van der Waals surface area contributed by atoms with Gasteiger partial charge in [-0.15, -0.1) is 11.6 Å². The van der Waals surface area contributed by atoms with Crippen molar-refractivity contribution in [3.63, 3.8) is 0 Å². The molecule has 16 heavy (non-hydrogen) atoms. The minimum Gasteiger partial charge on any atom is -0.385 e. The molecule has 4 nitrogen and oxygen atoms in total. The van der Waals surface area contributed by atoms with Gasteiger partial charge in [0.25, 0.3) is 0 Å². The van der Waals surface area contributed by atoms with Crippen LogP contribution in [0.25, 0.3) is 0 Å². The summed E-state index contributed by atoms with van der Waals surface area (Å²) in [5.74, 6) is 1.20. The quantitative estimate of drug-likeness (QED) is 0.566. The van der Waals surface area contributed by atoms with Crippen molar-refractivity contribution < 1.29 is 4.74 Å². The Morgan fingerprint density at radius 3 is 2.81 bits per heavy atom. The van der Waals surface area contributed by atoms with Crippen LogP contribution in [0, 0.1) is 6.92 Å². The molecule has 0 N–H and O–H groups in total. The maximum absolute atomic E-state index is 5.76. The van der Waals surface area contributed by atoms with Gasteiger partial charge in [-0.2, -0.15) is 0 Å². The van der Waals surface area contributed by atoms with Gasteiger partial charge in [0, 0.05) is 44.8 Å². The Morgan fingerprint density at radius 2 is 2.25 bits per heavy atom. The van der Waals surface area contributed by atoms with Gasteiger partial charge < -0.3 is 9.64 Å². The van der Waals surface area contributed by atoms with Gasteiger partial charge in [-0.25, -0.2) is 9.97 Å². The predicted molar refractivity (Wildman–Crippen MR) is 66.1 cm³/mol. The Kier molecular flexibility index (Phi) is 5.49. The van der Waals surface area contributed by atoms with E-state index < -0.39 is 0 Å². The third-order valence-electron chi connectivity index (χ3n) is 2.40. The molecule has 0 fully saturated rings. The molecule has 0 amide bonds. The lowest BCUT2D eigenvalue weighted by Crippen LogP contribution is -2.22. The van der Waals surface area contributed by atoms with Crippen LogP contribution in [0.3, 0.4) is 0 Å². The van der Waals surface area contributed by atoms with Crippen molar-refractivity contribution in [2.24, 2.45) is 0 Å². The molecule has 0 saturated carbocycles. The number of methoxy groups -OCH3 is 1. The Labute approximate surface area is 102 Å². The van der Waals surface area contributed by atoms with E-state index in [0.717, 1.165) is 36.8 Å². The molecule has 0 bridgehead atoms. The Balaban J connectivity index is 2.62. The fourth-order valence-electron chi connectivity index (χ4n) is 1.34. The van der Waals surface area contributed by atoms with Gasteiger partial charge in [-0.05, 0) is 13.3 Å². The lowest BCUT2D eigenvalue weighted by molar-refractivity contribution is 0.196. The van der Waals surface area contributed by atoms with Crippen LogP contribution in [-0.2, 0) is 10.6 Å². The maximum Gasteiger partial charge on any atom is 0.225 e. The number of anilines is 1. The van der Waals surface area contributed by atoms with Crippen LogP contribution < -0.4 is 4.90 Å². The van der Waals surface area contributed by atoms with Crippen molar-refractivity contribution >= 4 is 17.5 Å². The van der Waals surface area contributed by atoms with Crippen LogP contribution in [0.15, 0.2) is 6.20 Å². The summed E-state index contributed by atoms with van der Waals surface area (Å²) in [6.45, 7) is 3.59.